The van der Waals surface area contributed by atoms with E-state index < -0.39 is 23.8 Å². The fourth-order valence-corrected chi connectivity index (χ4v) is 3.86. The van der Waals surface area contributed by atoms with Crippen molar-refractivity contribution >= 4 is 6.09 Å². The van der Waals surface area contributed by atoms with Gasteiger partial charge >= 0.3 is 6.09 Å². The largest absolute Gasteiger partial charge is 0.444 e. The van der Waals surface area contributed by atoms with Crippen LogP contribution in [0.3, 0.4) is 0 Å². The molecule has 186 valence electrons. The van der Waals surface area contributed by atoms with Gasteiger partial charge in [-0.25, -0.2) is 4.79 Å². The van der Waals surface area contributed by atoms with E-state index in [2.05, 4.69) is 12.2 Å². The number of hydrogen-bond donors (Lipinski definition) is 3. The van der Waals surface area contributed by atoms with Gasteiger partial charge in [0, 0.05) is 0 Å². The topological polar surface area (TPSA) is 78.8 Å². The zero-order chi connectivity index (χ0) is 23.4. The van der Waals surface area contributed by atoms with Crippen LogP contribution >= 0.6 is 0 Å². The Kier molecular flexibility index (Phi) is 19.3. The van der Waals surface area contributed by atoms with E-state index in [-0.39, 0.29) is 6.61 Å². The SMILES string of the molecule is CCCCCCCCCCCCCCCCCC[C@@H](NC(=O)OC(C)(C)C)[C@@H](O)CO. The summed E-state index contributed by atoms with van der Waals surface area (Å²) in [5, 5.41) is 21.9. The van der Waals surface area contributed by atoms with Crippen molar-refractivity contribution in [1.29, 1.82) is 0 Å². The second-order valence-corrected chi connectivity index (χ2v) is 10.1. The normalized spacial score (nSPS) is 13.7. The molecular weight excluding hydrogens is 390 g/mol. The lowest BCUT2D eigenvalue weighted by Crippen LogP contribution is -2.46. The molecule has 0 fully saturated rings. The highest BCUT2D eigenvalue weighted by molar-refractivity contribution is 5.68. The van der Waals surface area contributed by atoms with Gasteiger partial charge < -0.3 is 20.3 Å². The van der Waals surface area contributed by atoms with Crippen LogP contribution in [0.1, 0.15) is 137 Å². The molecule has 5 heteroatoms. The Labute approximate surface area is 192 Å². The summed E-state index contributed by atoms with van der Waals surface area (Å²) in [4.78, 5) is 11.9. The molecule has 0 aliphatic rings. The van der Waals surface area contributed by atoms with Crippen molar-refractivity contribution in [2.75, 3.05) is 6.61 Å². The third-order valence-electron chi connectivity index (χ3n) is 5.72. The van der Waals surface area contributed by atoms with E-state index in [9.17, 15) is 15.0 Å². The van der Waals surface area contributed by atoms with E-state index >= 15 is 0 Å². The van der Waals surface area contributed by atoms with E-state index in [0.29, 0.717) is 6.42 Å². The van der Waals surface area contributed by atoms with Crippen LogP contribution in [0.15, 0.2) is 0 Å². The third-order valence-corrected chi connectivity index (χ3v) is 5.72. The van der Waals surface area contributed by atoms with Gasteiger partial charge in [-0.3, -0.25) is 0 Å². The summed E-state index contributed by atoms with van der Waals surface area (Å²) in [6.07, 6.45) is 20.2. The Balaban J connectivity index is 3.62. The first-order valence-electron chi connectivity index (χ1n) is 13.1. The maximum atomic E-state index is 11.9. The summed E-state index contributed by atoms with van der Waals surface area (Å²) in [5.74, 6) is 0. The summed E-state index contributed by atoms with van der Waals surface area (Å²) in [5.41, 5.74) is -0.576. The lowest BCUT2D eigenvalue weighted by molar-refractivity contribution is 0.0302. The molecule has 0 bridgehead atoms. The van der Waals surface area contributed by atoms with Crippen LogP contribution in [0.4, 0.5) is 4.79 Å². The second-order valence-electron chi connectivity index (χ2n) is 10.1. The molecule has 0 saturated carbocycles. The molecule has 3 N–H and O–H groups in total. The number of unbranched alkanes of at least 4 members (excludes halogenated alkanes) is 15. The first kappa shape index (κ1) is 30.2. The first-order chi connectivity index (χ1) is 14.8. The first-order valence-corrected chi connectivity index (χ1v) is 13.1. The number of ether oxygens (including phenoxy) is 1. The van der Waals surface area contributed by atoms with Gasteiger partial charge in [0.25, 0.3) is 0 Å². The quantitative estimate of drug-likeness (QED) is 0.179. The van der Waals surface area contributed by atoms with E-state index in [0.717, 1.165) is 12.8 Å². The Hall–Kier alpha value is -0.810. The smallest absolute Gasteiger partial charge is 0.407 e. The van der Waals surface area contributed by atoms with Gasteiger partial charge in [0.15, 0.2) is 0 Å². The van der Waals surface area contributed by atoms with Crippen LogP contribution in [0.25, 0.3) is 0 Å². The lowest BCUT2D eigenvalue weighted by Gasteiger charge is -2.26. The number of rotatable bonds is 20. The second kappa shape index (κ2) is 19.8. The predicted molar refractivity (Wildman–Crippen MR) is 130 cm³/mol. The molecule has 0 spiro atoms. The highest BCUT2D eigenvalue weighted by atomic mass is 16.6. The molecule has 0 rings (SSSR count). The molecule has 0 heterocycles. The minimum absolute atomic E-state index is 0.362. The fraction of sp³-hybridized carbons (Fsp3) is 0.962. The zero-order valence-electron chi connectivity index (χ0n) is 21.1. The summed E-state index contributed by atoms with van der Waals surface area (Å²) in [7, 11) is 0. The van der Waals surface area contributed by atoms with Gasteiger partial charge in [-0.1, -0.05) is 110 Å². The highest BCUT2D eigenvalue weighted by Crippen LogP contribution is 2.15. The van der Waals surface area contributed by atoms with Crippen LogP contribution in [-0.4, -0.2) is 40.7 Å². The molecule has 0 saturated heterocycles. The van der Waals surface area contributed by atoms with Gasteiger partial charge in [0.2, 0.25) is 0 Å². The average molecular weight is 444 g/mol. The minimum atomic E-state index is -0.955. The molecule has 0 aromatic carbocycles. The van der Waals surface area contributed by atoms with Gasteiger partial charge in [-0.15, -0.1) is 0 Å². The molecule has 0 aliphatic carbocycles. The summed E-state index contributed by atoms with van der Waals surface area (Å²) in [6, 6.07) is -0.466. The Morgan fingerprint density at radius 2 is 1.16 bits per heavy atom. The number of aliphatic hydroxyl groups excluding tert-OH is 2. The van der Waals surface area contributed by atoms with E-state index in [1.807, 2.05) is 0 Å². The average Bonchev–Trinajstić information content (AvgIpc) is 2.70. The number of alkyl carbamates (subject to hydrolysis) is 1. The van der Waals surface area contributed by atoms with E-state index in [1.165, 1.54) is 89.9 Å². The number of nitrogens with one attached hydrogen (secondary N) is 1. The monoisotopic (exact) mass is 443 g/mol. The Morgan fingerprint density at radius 1 is 0.774 bits per heavy atom. The van der Waals surface area contributed by atoms with Crippen molar-refractivity contribution in [2.45, 2.75) is 155 Å². The van der Waals surface area contributed by atoms with Gasteiger partial charge in [-0.05, 0) is 27.2 Å². The van der Waals surface area contributed by atoms with Gasteiger partial charge in [0.05, 0.1) is 18.8 Å². The van der Waals surface area contributed by atoms with Crippen LogP contribution in [-0.2, 0) is 4.74 Å². The van der Waals surface area contributed by atoms with Crippen molar-refractivity contribution < 1.29 is 19.7 Å². The molecule has 0 unspecified atom stereocenters. The summed E-state index contributed by atoms with van der Waals surface area (Å²) < 4.78 is 5.25. The van der Waals surface area contributed by atoms with Crippen LogP contribution in [0, 0.1) is 0 Å². The minimum Gasteiger partial charge on any atom is -0.444 e. The lowest BCUT2D eigenvalue weighted by atomic mass is 10.0. The van der Waals surface area contributed by atoms with Crippen molar-refractivity contribution in [3.05, 3.63) is 0 Å². The van der Waals surface area contributed by atoms with Gasteiger partial charge in [0.1, 0.15) is 5.60 Å². The summed E-state index contributed by atoms with van der Waals surface area (Å²) in [6.45, 7) is 7.32. The van der Waals surface area contributed by atoms with Crippen LogP contribution < -0.4 is 5.32 Å². The number of aliphatic hydroxyl groups is 2. The predicted octanol–water partition coefficient (Wildman–Crippen LogP) is 6.88. The third kappa shape index (κ3) is 20.8. The molecule has 0 aromatic heterocycles. The van der Waals surface area contributed by atoms with Crippen molar-refractivity contribution in [1.82, 2.24) is 5.32 Å². The van der Waals surface area contributed by atoms with Crippen LogP contribution in [0.2, 0.25) is 0 Å². The molecule has 5 nitrogen and oxygen atoms in total. The van der Waals surface area contributed by atoms with E-state index in [4.69, 9.17) is 4.74 Å². The van der Waals surface area contributed by atoms with Crippen LogP contribution in [0.5, 0.6) is 0 Å². The molecule has 1 amide bonds. The van der Waals surface area contributed by atoms with Gasteiger partial charge in [-0.2, -0.15) is 0 Å². The summed E-state index contributed by atoms with van der Waals surface area (Å²) >= 11 is 0. The molecule has 31 heavy (non-hydrogen) atoms. The molecule has 0 radical (unpaired) electrons. The number of amides is 1. The maximum absolute atomic E-state index is 11.9. The highest BCUT2D eigenvalue weighted by Gasteiger charge is 2.23. The Bertz CT molecular complexity index is 409. The molecular formula is C26H53NO4. The molecule has 2 atom stereocenters. The molecule has 0 aromatic rings. The Morgan fingerprint density at radius 3 is 1.52 bits per heavy atom. The van der Waals surface area contributed by atoms with Crippen molar-refractivity contribution in [3.63, 3.8) is 0 Å². The van der Waals surface area contributed by atoms with Crippen molar-refractivity contribution in [3.8, 4) is 0 Å². The standard InChI is InChI=1S/C26H53NO4/c1-5-6-7-8-9-10-11-12-13-14-15-16-17-18-19-20-21-23(24(29)22-28)27-25(30)31-26(2,3)4/h23-24,28-29H,5-22H2,1-4H3,(H,27,30)/t23-,24+/m1/s1. The maximum Gasteiger partial charge on any atom is 0.407 e. The number of carbonyl (C=O) groups is 1. The molecule has 0 aliphatic heterocycles. The van der Waals surface area contributed by atoms with E-state index in [1.54, 1.807) is 20.8 Å². The van der Waals surface area contributed by atoms with Crippen molar-refractivity contribution in [2.24, 2.45) is 0 Å². The number of hydrogen-bond acceptors (Lipinski definition) is 4. The zero-order valence-corrected chi connectivity index (χ0v) is 21.1. The fourth-order valence-electron chi connectivity index (χ4n) is 3.86. The number of carbonyl (C=O) groups excluding carboxylic acids is 1.